The van der Waals surface area contributed by atoms with Gasteiger partial charge in [-0.3, -0.25) is 9.69 Å². The van der Waals surface area contributed by atoms with Gasteiger partial charge in [-0.25, -0.2) is 19.7 Å². The molecule has 0 spiro atoms. The maximum Gasteiger partial charge on any atom is 0.416 e. The molecular weight excluding hydrogens is 384 g/mol. The molecular formula is C21H26N6O3. The van der Waals surface area contributed by atoms with Gasteiger partial charge in [-0.1, -0.05) is 6.07 Å². The first-order valence-electron chi connectivity index (χ1n) is 10.0. The second-order valence-corrected chi connectivity index (χ2v) is 8.41. The molecule has 158 valence electrons. The molecule has 2 aromatic heterocycles. The number of pyridine rings is 1. The number of hydrogen-bond acceptors (Lipinski definition) is 7. The largest absolute Gasteiger partial charge is 0.441 e. The van der Waals surface area contributed by atoms with Gasteiger partial charge in [0.1, 0.15) is 17.1 Å². The van der Waals surface area contributed by atoms with Crippen molar-refractivity contribution >= 4 is 23.6 Å². The summed E-state index contributed by atoms with van der Waals surface area (Å²) in [6, 6.07) is 2.12. The molecule has 2 saturated heterocycles. The van der Waals surface area contributed by atoms with Crippen LogP contribution in [0, 0.1) is 13.8 Å². The normalized spacial score (nSPS) is 18.5. The predicted molar refractivity (Wildman–Crippen MR) is 112 cm³/mol. The Bertz CT molecular complexity index is 967. The van der Waals surface area contributed by atoms with Gasteiger partial charge < -0.3 is 14.5 Å². The number of carbonyl (C=O) groups excluding carboxylic acids is 2. The SMILES string of the molecule is Cc1cnc(N2CCN(C(=O)c3cnc(N4CC(C)(C)OC4=O)cn3)CC2)c(C)c1. The lowest BCUT2D eigenvalue weighted by atomic mass is 10.1. The number of piperazine rings is 1. The van der Waals surface area contributed by atoms with Crippen LogP contribution in [-0.2, 0) is 4.74 Å². The molecule has 2 fully saturated rings. The summed E-state index contributed by atoms with van der Waals surface area (Å²) in [6.45, 7) is 10.7. The summed E-state index contributed by atoms with van der Waals surface area (Å²) < 4.78 is 5.28. The van der Waals surface area contributed by atoms with Gasteiger partial charge in [0.15, 0.2) is 5.82 Å². The van der Waals surface area contributed by atoms with Gasteiger partial charge in [0.25, 0.3) is 5.91 Å². The van der Waals surface area contributed by atoms with Crippen molar-refractivity contribution in [3.8, 4) is 0 Å². The van der Waals surface area contributed by atoms with Gasteiger partial charge in [-0.15, -0.1) is 0 Å². The number of hydrogen-bond donors (Lipinski definition) is 0. The first-order chi connectivity index (χ1) is 14.2. The summed E-state index contributed by atoms with van der Waals surface area (Å²) in [5.74, 6) is 1.19. The highest BCUT2D eigenvalue weighted by Crippen LogP contribution is 2.26. The van der Waals surface area contributed by atoms with E-state index in [0.717, 1.165) is 16.9 Å². The zero-order chi connectivity index (χ0) is 21.5. The van der Waals surface area contributed by atoms with E-state index in [-0.39, 0.29) is 11.6 Å². The molecule has 0 aliphatic carbocycles. The molecule has 9 heteroatoms. The zero-order valence-corrected chi connectivity index (χ0v) is 17.8. The number of cyclic esters (lactones) is 1. The summed E-state index contributed by atoms with van der Waals surface area (Å²) in [5.41, 5.74) is 1.97. The minimum absolute atomic E-state index is 0.161. The molecule has 0 bridgehead atoms. The van der Waals surface area contributed by atoms with E-state index in [2.05, 4.69) is 32.8 Å². The van der Waals surface area contributed by atoms with Crippen molar-refractivity contribution in [3.63, 3.8) is 0 Å². The number of nitrogens with zero attached hydrogens (tertiary/aromatic N) is 6. The molecule has 2 aliphatic heterocycles. The standard InChI is InChI=1S/C21H26N6O3/c1-14-9-15(2)18(24-10-14)25-5-7-26(8-6-25)19(28)16-11-23-17(12-22-16)27-13-21(3,4)30-20(27)29/h9-12H,5-8,13H2,1-4H3. The fraction of sp³-hybridized carbons (Fsp3) is 0.476. The molecule has 9 nitrogen and oxygen atoms in total. The Labute approximate surface area is 175 Å². The fourth-order valence-electron chi connectivity index (χ4n) is 3.84. The quantitative estimate of drug-likeness (QED) is 0.766. The highest BCUT2D eigenvalue weighted by molar-refractivity contribution is 5.93. The third-order valence-electron chi connectivity index (χ3n) is 5.31. The Kier molecular flexibility index (Phi) is 5.05. The Morgan fingerprint density at radius 2 is 1.77 bits per heavy atom. The molecule has 4 heterocycles. The minimum atomic E-state index is -0.572. The Balaban J connectivity index is 1.39. The highest BCUT2D eigenvalue weighted by atomic mass is 16.6. The fourth-order valence-corrected chi connectivity index (χ4v) is 3.84. The zero-order valence-electron chi connectivity index (χ0n) is 17.8. The molecule has 2 aliphatic rings. The van der Waals surface area contributed by atoms with Crippen LogP contribution in [0.4, 0.5) is 16.4 Å². The molecule has 0 atom stereocenters. The van der Waals surface area contributed by atoms with Crippen LogP contribution in [0.1, 0.15) is 35.5 Å². The molecule has 2 aromatic rings. The van der Waals surface area contributed by atoms with Crippen molar-refractivity contribution in [2.24, 2.45) is 0 Å². The van der Waals surface area contributed by atoms with Crippen LogP contribution in [-0.4, -0.2) is 70.2 Å². The molecule has 0 N–H and O–H groups in total. The molecule has 0 saturated carbocycles. The van der Waals surface area contributed by atoms with Crippen LogP contribution in [0.25, 0.3) is 0 Å². The van der Waals surface area contributed by atoms with Gasteiger partial charge in [-0.05, 0) is 38.8 Å². The van der Waals surface area contributed by atoms with Crippen molar-refractivity contribution in [1.82, 2.24) is 19.9 Å². The second-order valence-electron chi connectivity index (χ2n) is 8.41. The van der Waals surface area contributed by atoms with E-state index in [1.54, 1.807) is 4.90 Å². The van der Waals surface area contributed by atoms with E-state index in [9.17, 15) is 9.59 Å². The topological polar surface area (TPSA) is 91.8 Å². The Morgan fingerprint density at radius 1 is 1.03 bits per heavy atom. The number of aryl methyl sites for hydroxylation is 2. The Hall–Kier alpha value is -3.23. The summed E-state index contributed by atoms with van der Waals surface area (Å²) in [6.07, 6.45) is 4.29. The maximum absolute atomic E-state index is 12.8. The van der Waals surface area contributed by atoms with Crippen LogP contribution in [0.3, 0.4) is 0 Å². The van der Waals surface area contributed by atoms with E-state index in [0.29, 0.717) is 38.5 Å². The highest BCUT2D eigenvalue weighted by Gasteiger charge is 2.39. The van der Waals surface area contributed by atoms with E-state index < -0.39 is 11.7 Å². The number of ether oxygens (including phenoxy) is 1. The molecule has 0 unspecified atom stereocenters. The first kappa shape index (κ1) is 20.1. The average Bonchev–Trinajstić information content (AvgIpc) is 3.00. The minimum Gasteiger partial charge on any atom is -0.441 e. The average molecular weight is 410 g/mol. The Morgan fingerprint density at radius 3 is 2.33 bits per heavy atom. The number of amides is 2. The number of carbonyl (C=O) groups is 2. The summed E-state index contributed by atoms with van der Waals surface area (Å²) in [4.78, 5) is 43.3. The van der Waals surface area contributed by atoms with Crippen LogP contribution < -0.4 is 9.80 Å². The van der Waals surface area contributed by atoms with E-state index >= 15 is 0 Å². The second kappa shape index (κ2) is 7.55. The molecule has 0 radical (unpaired) electrons. The van der Waals surface area contributed by atoms with Crippen molar-refractivity contribution in [1.29, 1.82) is 0 Å². The molecule has 4 rings (SSSR count). The van der Waals surface area contributed by atoms with E-state index in [1.807, 2.05) is 27.0 Å². The number of anilines is 2. The summed E-state index contributed by atoms with van der Waals surface area (Å²) in [7, 11) is 0. The lowest BCUT2D eigenvalue weighted by molar-refractivity contribution is 0.0739. The lowest BCUT2D eigenvalue weighted by Gasteiger charge is -2.35. The first-order valence-corrected chi connectivity index (χ1v) is 10.0. The van der Waals surface area contributed by atoms with Crippen molar-refractivity contribution < 1.29 is 14.3 Å². The van der Waals surface area contributed by atoms with Crippen molar-refractivity contribution in [2.75, 3.05) is 42.5 Å². The van der Waals surface area contributed by atoms with Crippen LogP contribution in [0.2, 0.25) is 0 Å². The van der Waals surface area contributed by atoms with Gasteiger partial charge >= 0.3 is 6.09 Å². The monoisotopic (exact) mass is 410 g/mol. The van der Waals surface area contributed by atoms with E-state index in [4.69, 9.17) is 4.74 Å². The molecule has 30 heavy (non-hydrogen) atoms. The van der Waals surface area contributed by atoms with Gasteiger partial charge in [0.05, 0.1) is 18.9 Å². The van der Waals surface area contributed by atoms with Crippen LogP contribution >= 0.6 is 0 Å². The van der Waals surface area contributed by atoms with Gasteiger partial charge in [0.2, 0.25) is 0 Å². The summed E-state index contributed by atoms with van der Waals surface area (Å²) >= 11 is 0. The van der Waals surface area contributed by atoms with Crippen LogP contribution in [0.15, 0.2) is 24.7 Å². The van der Waals surface area contributed by atoms with Gasteiger partial charge in [-0.2, -0.15) is 0 Å². The predicted octanol–water partition coefficient (Wildman–Crippen LogP) is 2.19. The molecule has 2 amide bonds. The maximum atomic E-state index is 12.8. The van der Waals surface area contributed by atoms with Crippen molar-refractivity contribution in [3.05, 3.63) is 41.5 Å². The smallest absolute Gasteiger partial charge is 0.416 e. The number of aromatic nitrogens is 3. The molecule has 0 aromatic carbocycles. The number of rotatable bonds is 3. The van der Waals surface area contributed by atoms with Crippen LogP contribution in [0.5, 0.6) is 0 Å². The summed E-state index contributed by atoms with van der Waals surface area (Å²) in [5, 5.41) is 0. The van der Waals surface area contributed by atoms with Crippen molar-refractivity contribution in [2.45, 2.75) is 33.3 Å². The van der Waals surface area contributed by atoms with E-state index in [1.165, 1.54) is 17.3 Å². The van der Waals surface area contributed by atoms with Gasteiger partial charge in [0, 0.05) is 32.4 Å². The lowest BCUT2D eigenvalue weighted by Crippen LogP contribution is -2.49. The third kappa shape index (κ3) is 3.92. The third-order valence-corrected chi connectivity index (χ3v) is 5.31.